The molecule has 2 atom stereocenters. The van der Waals surface area contributed by atoms with Gasteiger partial charge in [0.05, 0.1) is 36.1 Å². The van der Waals surface area contributed by atoms with Gasteiger partial charge in [0.25, 0.3) is 5.91 Å². The molecule has 10 nitrogen and oxygen atoms in total. The van der Waals surface area contributed by atoms with E-state index < -0.39 is 36.0 Å². The van der Waals surface area contributed by atoms with Gasteiger partial charge >= 0.3 is 17.9 Å². The molecule has 0 bridgehead atoms. The first-order valence-corrected chi connectivity index (χ1v) is 11.1. The third-order valence-electron chi connectivity index (χ3n) is 4.99. The molecule has 3 aromatic carbocycles. The van der Waals surface area contributed by atoms with E-state index in [1.165, 1.54) is 62.8 Å². The molecule has 0 spiro atoms. The standard InChI is InChI=1S/C26H22ClNO9/c1-34-17-9-5-7-15(13-17)25(32)36-21(23(29)28-20-12-4-3-11-19(20)27)22(24(30)31)37-26(33)16-8-6-10-18(14-16)35-2/h3-14,21-22H,1-2H3,(H,28,29)(H,30,31)/t21-,22-/m1/s1. The van der Waals surface area contributed by atoms with Crippen molar-refractivity contribution < 1.29 is 43.2 Å². The lowest BCUT2D eigenvalue weighted by atomic mass is 10.1. The first-order chi connectivity index (χ1) is 17.7. The number of aliphatic carboxylic acids is 1. The molecule has 0 aromatic heterocycles. The van der Waals surface area contributed by atoms with Crippen LogP contribution in [0.4, 0.5) is 5.69 Å². The molecule has 2 N–H and O–H groups in total. The van der Waals surface area contributed by atoms with Crippen molar-refractivity contribution >= 4 is 41.1 Å². The number of methoxy groups -OCH3 is 2. The minimum atomic E-state index is -2.21. The predicted molar refractivity (Wildman–Crippen MR) is 132 cm³/mol. The number of carboxylic acid groups (broad SMARTS) is 1. The molecule has 0 fully saturated rings. The summed E-state index contributed by atoms with van der Waals surface area (Å²) in [6, 6.07) is 17.7. The number of nitrogens with one attached hydrogen (secondary N) is 1. The number of para-hydroxylation sites is 1. The van der Waals surface area contributed by atoms with Crippen LogP contribution in [0.3, 0.4) is 0 Å². The summed E-state index contributed by atoms with van der Waals surface area (Å²) in [5.41, 5.74) is 0.0491. The Labute approximate surface area is 216 Å². The Morgan fingerprint density at radius 1 is 0.757 bits per heavy atom. The van der Waals surface area contributed by atoms with Gasteiger partial charge in [0, 0.05) is 0 Å². The Hall–Kier alpha value is -4.57. The lowest BCUT2D eigenvalue weighted by Gasteiger charge is -2.24. The number of carboxylic acids is 1. The van der Waals surface area contributed by atoms with Crippen LogP contribution in [0.1, 0.15) is 20.7 Å². The van der Waals surface area contributed by atoms with Gasteiger partial charge in [-0.05, 0) is 48.5 Å². The van der Waals surface area contributed by atoms with Crippen LogP contribution in [0.25, 0.3) is 0 Å². The Kier molecular flexibility index (Phi) is 9.06. The molecule has 0 saturated carbocycles. The van der Waals surface area contributed by atoms with E-state index in [0.717, 1.165) is 0 Å². The third kappa shape index (κ3) is 6.98. The zero-order chi connectivity index (χ0) is 26.9. The number of carbonyl (C=O) groups is 4. The van der Waals surface area contributed by atoms with E-state index in [1.54, 1.807) is 24.3 Å². The van der Waals surface area contributed by atoms with Gasteiger partial charge in [-0.15, -0.1) is 0 Å². The first kappa shape index (κ1) is 27.0. The molecule has 11 heteroatoms. The van der Waals surface area contributed by atoms with Crippen molar-refractivity contribution in [2.45, 2.75) is 12.2 Å². The average molecular weight is 528 g/mol. The topological polar surface area (TPSA) is 137 Å². The van der Waals surface area contributed by atoms with Gasteiger partial charge in [-0.25, -0.2) is 14.4 Å². The molecule has 0 saturated heterocycles. The van der Waals surface area contributed by atoms with Crippen LogP contribution in [0, 0.1) is 0 Å². The minimum Gasteiger partial charge on any atom is -0.497 e. The van der Waals surface area contributed by atoms with Crippen molar-refractivity contribution in [1.29, 1.82) is 0 Å². The Morgan fingerprint density at radius 2 is 1.27 bits per heavy atom. The highest BCUT2D eigenvalue weighted by molar-refractivity contribution is 6.33. The normalized spacial score (nSPS) is 12.0. The molecule has 192 valence electrons. The van der Waals surface area contributed by atoms with E-state index in [0.29, 0.717) is 11.5 Å². The van der Waals surface area contributed by atoms with Gasteiger partial charge in [0.2, 0.25) is 12.2 Å². The zero-order valence-electron chi connectivity index (χ0n) is 19.7. The van der Waals surface area contributed by atoms with E-state index in [-0.39, 0.29) is 21.8 Å². The molecule has 0 aliphatic heterocycles. The number of ether oxygens (including phenoxy) is 4. The molecule has 0 unspecified atom stereocenters. The Morgan fingerprint density at radius 3 is 1.76 bits per heavy atom. The van der Waals surface area contributed by atoms with Gasteiger partial charge < -0.3 is 29.4 Å². The SMILES string of the molecule is COc1cccc(C(=O)O[C@@H](C(=O)O)[C@@H](OC(=O)c2cccc(OC)c2)C(=O)Nc2ccccc2Cl)c1. The van der Waals surface area contributed by atoms with E-state index in [4.69, 9.17) is 30.5 Å². The van der Waals surface area contributed by atoms with Crippen LogP contribution >= 0.6 is 11.6 Å². The fourth-order valence-electron chi connectivity index (χ4n) is 3.13. The Bertz CT molecular complexity index is 1310. The van der Waals surface area contributed by atoms with E-state index in [1.807, 2.05) is 0 Å². The van der Waals surface area contributed by atoms with Crippen molar-refractivity contribution in [2.75, 3.05) is 19.5 Å². The van der Waals surface area contributed by atoms with E-state index >= 15 is 0 Å². The molecule has 37 heavy (non-hydrogen) atoms. The van der Waals surface area contributed by atoms with Crippen LogP contribution in [0.5, 0.6) is 11.5 Å². The second-order valence-electron chi connectivity index (χ2n) is 7.42. The molecular formula is C26H22ClNO9. The summed E-state index contributed by atoms with van der Waals surface area (Å²) in [5, 5.41) is 12.4. The molecule has 0 heterocycles. The van der Waals surface area contributed by atoms with Crippen LogP contribution < -0.4 is 14.8 Å². The number of hydrogen-bond donors (Lipinski definition) is 2. The summed E-state index contributed by atoms with van der Waals surface area (Å²) in [6.07, 6.45) is -4.31. The molecule has 0 aliphatic carbocycles. The second kappa shape index (κ2) is 12.4. The van der Waals surface area contributed by atoms with Crippen molar-refractivity contribution in [3.05, 3.63) is 88.9 Å². The highest BCUT2D eigenvalue weighted by Crippen LogP contribution is 2.23. The average Bonchev–Trinajstić information content (AvgIpc) is 2.91. The number of hydrogen-bond acceptors (Lipinski definition) is 8. The largest absolute Gasteiger partial charge is 0.497 e. The second-order valence-corrected chi connectivity index (χ2v) is 7.83. The van der Waals surface area contributed by atoms with Gasteiger partial charge in [-0.1, -0.05) is 35.9 Å². The summed E-state index contributed by atoms with van der Waals surface area (Å²) in [4.78, 5) is 51.0. The fourth-order valence-corrected chi connectivity index (χ4v) is 3.31. The maximum Gasteiger partial charge on any atom is 0.349 e. The van der Waals surface area contributed by atoms with Crippen molar-refractivity contribution in [3.8, 4) is 11.5 Å². The van der Waals surface area contributed by atoms with Crippen molar-refractivity contribution in [1.82, 2.24) is 0 Å². The van der Waals surface area contributed by atoms with Gasteiger partial charge in [0.15, 0.2) is 0 Å². The number of benzene rings is 3. The minimum absolute atomic E-state index is 0.0295. The predicted octanol–water partition coefficient (Wildman–Crippen LogP) is 3.83. The summed E-state index contributed by atoms with van der Waals surface area (Å²) in [7, 11) is 2.78. The van der Waals surface area contributed by atoms with Crippen molar-refractivity contribution in [3.63, 3.8) is 0 Å². The maximum atomic E-state index is 13.2. The lowest BCUT2D eigenvalue weighted by molar-refractivity contribution is -0.157. The van der Waals surface area contributed by atoms with Crippen LogP contribution in [-0.4, -0.2) is 55.3 Å². The fraction of sp³-hybridized carbons (Fsp3) is 0.154. The van der Waals surface area contributed by atoms with Gasteiger partial charge in [-0.2, -0.15) is 0 Å². The first-order valence-electron chi connectivity index (χ1n) is 10.7. The molecular weight excluding hydrogens is 506 g/mol. The van der Waals surface area contributed by atoms with Crippen molar-refractivity contribution in [2.24, 2.45) is 0 Å². The zero-order valence-corrected chi connectivity index (χ0v) is 20.4. The van der Waals surface area contributed by atoms with Gasteiger partial charge in [0.1, 0.15) is 11.5 Å². The van der Waals surface area contributed by atoms with Crippen LogP contribution in [0.15, 0.2) is 72.8 Å². The highest BCUT2D eigenvalue weighted by atomic mass is 35.5. The number of anilines is 1. The molecule has 3 rings (SSSR count). The summed E-state index contributed by atoms with van der Waals surface area (Å²) >= 11 is 6.09. The monoisotopic (exact) mass is 527 g/mol. The maximum absolute atomic E-state index is 13.2. The smallest absolute Gasteiger partial charge is 0.349 e. The Balaban J connectivity index is 1.94. The lowest BCUT2D eigenvalue weighted by Crippen LogP contribution is -2.48. The molecule has 1 amide bonds. The quantitative estimate of drug-likeness (QED) is 0.377. The third-order valence-corrected chi connectivity index (χ3v) is 5.32. The number of amides is 1. The molecule has 3 aromatic rings. The van der Waals surface area contributed by atoms with Gasteiger partial charge in [-0.3, -0.25) is 4.79 Å². The summed E-state index contributed by atoms with van der Waals surface area (Å²) in [6.45, 7) is 0. The van der Waals surface area contributed by atoms with Crippen LogP contribution in [-0.2, 0) is 19.1 Å². The molecule has 0 radical (unpaired) electrons. The number of esters is 2. The summed E-state index contributed by atoms with van der Waals surface area (Å²) in [5.74, 6) is -4.31. The number of halogens is 1. The molecule has 0 aliphatic rings. The number of carbonyl (C=O) groups excluding carboxylic acids is 3. The summed E-state index contributed by atoms with van der Waals surface area (Å²) < 4.78 is 20.6. The number of rotatable bonds is 10. The van der Waals surface area contributed by atoms with Crippen LogP contribution in [0.2, 0.25) is 5.02 Å². The highest BCUT2D eigenvalue weighted by Gasteiger charge is 2.41. The van der Waals surface area contributed by atoms with E-state index in [9.17, 15) is 24.3 Å². The van der Waals surface area contributed by atoms with E-state index in [2.05, 4.69) is 5.32 Å².